The van der Waals surface area contributed by atoms with Crippen LogP contribution in [0.4, 0.5) is 5.95 Å². The fourth-order valence-electron chi connectivity index (χ4n) is 5.49. The second-order valence-electron chi connectivity index (χ2n) is 10.8. The van der Waals surface area contributed by atoms with Crippen LogP contribution in [0.25, 0.3) is 0 Å². The Hall–Kier alpha value is -3.17. The molecule has 0 spiro atoms. The van der Waals surface area contributed by atoms with Crippen LogP contribution in [0.5, 0.6) is 5.75 Å². The largest absolute Gasteiger partial charge is 0.489 e. The second kappa shape index (κ2) is 13.9. The van der Waals surface area contributed by atoms with Crippen molar-refractivity contribution in [1.29, 1.82) is 0 Å². The van der Waals surface area contributed by atoms with Gasteiger partial charge in [-0.05, 0) is 74.1 Å². The average Bonchev–Trinajstić information content (AvgIpc) is 3.43. The lowest BCUT2D eigenvalue weighted by Crippen LogP contribution is -2.32. The third-order valence-corrected chi connectivity index (χ3v) is 9.80. The van der Waals surface area contributed by atoms with Crippen LogP contribution < -0.4 is 10.1 Å². The molecule has 1 unspecified atom stereocenters. The number of aromatic nitrogens is 3. The molecule has 3 aromatic carbocycles. The highest BCUT2D eigenvalue weighted by Crippen LogP contribution is 2.39. The molecule has 1 aromatic heterocycles. The molecule has 6 rings (SSSR count). The standard InChI is InChI=1S/C33H31Cl3N4O3S/c1-20-29(31(41)43-24-9-3-2-4-10-24)30(21-14-16-23(17-15-21)42-18-25-27(35)12-7-13-28(25)36)40-32(37-20)38-33(39-40)44-19-22-8-5-6-11-26(22)34/h5-8,11-17,24,30H,2-4,9-10,18-19H2,1H3,(H,37,38,39). The lowest BCUT2D eigenvalue weighted by Gasteiger charge is -2.30. The fourth-order valence-corrected chi connectivity index (χ4v) is 7.11. The third-order valence-electron chi connectivity index (χ3n) is 7.83. The summed E-state index contributed by atoms with van der Waals surface area (Å²) in [7, 11) is 0. The summed E-state index contributed by atoms with van der Waals surface area (Å²) < 4.78 is 13.8. The van der Waals surface area contributed by atoms with E-state index in [1.54, 1.807) is 22.9 Å². The summed E-state index contributed by atoms with van der Waals surface area (Å²) in [6, 6.07) is 20.1. The molecule has 0 radical (unpaired) electrons. The number of thioether (sulfide) groups is 1. The molecular formula is C33H31Cl3N4O3S. The SMILES string of the molecule is CC1=C(C(=O)OC2CCCCC2)C(c2ccc(OCc3c(Cl)cccc3Cl)cc2)n2nc(SCc3ccccc3Cl)nc2N1. The number of carbonyl (C=O) groups is 1. The Morgan fingerprint density at radius 1 is 0.955 bits per heavy atom. The normalized spacial score (nSPS) is 16.8. The lowest BCUT2D eigenvalue weighted by atomic mass is 9.95. The first-order chi connectivity index (χ1) is 21.4. The van der Waals surface area contributed by atoms with E-state index in [2.05, 4.69) is 5.32 Å². The minimum atomic E-state index is -0.545. The second-order valence-corrected chi connectivity index (χ2v) is 13.0. The highest BCUT2D eigenvalue weighted by molar-refractivity contribution is 7.98. The van der Waals surface area contributed by atoms with Crippen molar-refractivity contribution in [2.75, 3.05) is 5.32 Å². The first-order valence-corrected chi connectivity index (χ1v) is 16.7. The van der Waals surface area contributed by atoms with Crippen LogP contribution in [0.2, 0.25) is 15.1 Å². The van der Waals surface area contributed by atoms with Crippen LogP contribution in [-0.2, 0) is 21.9 Å². The molecule has 1 aliphatic heterocycles. The summed E-state index contributed by atoms with van der Waals surface area (Å²) in [5, 5.41) is 10.5. The molecule has 0 bridgehead atoms. The molecule has 2 heterocycles. The van der Waals surface area contributed by atoms with Crippen LogP contribution in [0.1, 0.15) is 61.8 Å². The zero-order chi connectivity index (χ0) is 30.6. The summed E-state index contributed by atoms with van der Waals surface area (Å²) in [6.07, 6.45) is 5.00. The lowest BCUT2D eigenvalue weighted by molar-refractivity contribution is -0.146. The monoisotopic (exact) mass is 668 g/mol. The van der Waals surface area contributed by atoms with Crippen molar-refractivity contribution in [1.82, 2.24) is 14.8 Å². The van der Waals surface area contributed by atoms with E-state index in [1.165, 1.54) is 18.2 Å². The number of nitrogens with zero attached hydrogens (tertiary/aromatic N) is 3. The van der Waals surface area contributed by atoms with Gasteiger partial charge in [-0.25, -0.2) is 9.48 Å². The molecule has 1 fully saturated rings. The number of hydrogen-bond acceptors (Lipinski definition) is 7. The highest BCUT2D eigenvalue weighted by atomic mass is 35.5. The smallest absolute Gasteiger partial charge is 0.338 e. The number of fused-ring (bicyclic) bond motifs is 1. The maximum atomic E-state index is 13.8. The summed E-state index contributed by atoms with van der Waals surface area (Å²) in [5.41, 5.74) is 3.76. The zero-order valence-electron chi connectivity index (χ0n) is 24.1. The van der Waals surface area contributed by atoms with E-state index >= 15 is 0 Å². The van der Waals surface area contributed by atoms with E-state index in [-0.39, 0.29) is 18.7 Å². The third kappa shape index (κ3) is 6.89. The van der Waals surface area contributed by atoms with E-state index in [9.17, 15) is 4.79 Å². The Bertz CT molecular complexity index is 1670. The molecule has 11 heteroatoms. The molecule has 4 aromatic rings. The van der Waals surface area contributed by atoms with E-state index in [1.807, 2.05) is 55.5 Å². The minimum absolute atomic E-state index is 0.0801. The van der Waals surface area contributed by atoms with Gasteiger partial charge in [0.15, 0.2) is 0 Å². The Kier molecular flexibility index (Phi) is 9.71. The van der Waals surface area contributed by atoms with Gasteiger partial charge in [-0.1, -0.05) is 89.4 Å². The Morgan fingerprint density at radius 3 is 2.39 bits per heavy atom. The summed E-state index contributed by atoms with van der Waals surface area (Å²) in [4.78, 5) is 18.5. The summed E-state index contributed by atoms with van der Waals surface area (Å²) >= 11 is 20.5. The maximum Gasteiger partial charge on any atom is 0.338 e. The van der Waals surface area contributed by atoms with Crippen molar-refractivity contribution >= 4 is 58.5 Å². The molecule has 44 heavy (non-hydrogen) atoms. The van der Waals surface area contributed by atoms with E-state index in [0.717, 1.165) is 42.4 Å². The van der Waals surface area contributed by atoms with Gasteiger partial charge in [0, 0.05) is 32.1 Å². The van der Waals surface area contributed by atoms with Crippen molar-refractivity contribution in [3.8, 4) is 5.75 Å². The van der Waals surface area contributed by atoms with Crippen molar-refractivity contribution in [3.63, 3.8) is 0 Å². The molecule has 7 nitrogen and oxygen atoms in total. The van der Waals surface area contributed by atoms with Gasteiger partial charge in [0.1, 0.15) is 24.5 Å². The van der Waals surface area contributed by atoms with Crippen LogP contribution in [0.3, 0.4) is 0 Å². The van der Waals surface area contributed by atoms with Gasteiger partial charge in [0.25, 0.3) is 0 Å². The molecule has 1 aliphatic carbocycles. The van der Waals surface area contributed by atoms with Gasteiger partial charge in [-0.3, -0.25) is 0 Å². The molecular weight excluding hydrogens is 639 g/mol. The van der Waals surface area contributed by atoms with Gasteiger partial charge in [0.2, 0.25) is 11.1 Å². The topological polar surface area (TPSA) is 78.3 Å². The molecule has 2 aliphatic rings. The van der Waals surface area contributed by atoms with Crippen molar-refractivity contribution in [2.24, 2.45) is 0 Å². The number of halogens is 3. The van der Waals surface area contributed by atoms with Crippen LogP contribution >= 0.6 is 46.6 Å². The average molecular weight is 670 g/mol. The summed E-state index contributed by atoms with van der Waals surface area (Å²) in [5.74, 6) is 1.46. The molecule has 0 saturated heterocycles. The van der Waals surface area contributed by atoms with Gasteiger partial charge in [-0.2, -0.15) is 4.98 Å². The van der Waals surface area contributed by atoms with Crippen molar-refractivity contribution in [3.05, 3.63) is 110 Å². The van der Waals surface area contributed by atoms with Crippen molar-refractivity contribution in [2.45, 2.75) is 68.7 Å². The maximum absolute atomic E-state index is 13.8. The Balaban J connectivity index is 1.28. The van der Waals surface area contributed by atoms with Gasteiger partial charge >= 0.3 is 5.97 Å². The number of hydrogen-bond donors (Lipinski definition) is 1. The predicted molar refractivity (Wildman–Crippen MR) is 176 cm³/mol. The number of rotatable bonds is 9. The van der Waals surface area contributed by atoms with Crippen molar-refractivity contribution < 1.29 is 14.3 Å². The Labute approximate surface area is 275 Å². The van der Waals surface area contributed by atoms with Gasteiger partial charge < -0.3 is 14.8 Å². The zero-order valence-corrected chi connectivity index (χ0v) is 27.1. The number of esters is 1. The molecule has 1 N–H and O–H groups in total. The van der Waals surface area contributed by atoms with E-state index in [4.69, 9.17) is 54.4 Å². The van der Waals surface area contributed by atoms with Crippen LogP contribution in [-0.4, -0.2) is 26.8 Å². The quantitative estimate of drug-likeness (QED) is 0.141. The number of nitrogens with one attached hydrogen (secondary N) is 1. The first-order valence-electron chi connectivity index (χ1n) is 14.5. The number of anilines is 1. The Morgan fingerprint density at radius 2 is 1.66 bits per heavy atom. The number of ether oxygens (including phenoxy) is 2. The highest BCUT2D eigenvalue weighted by Gasteiger charge is 2.36. The minimum Gasteiger partial charge on any atom is -0.489 e. The fraction of sp³-hybridized carbons (Fsp3) is 0.303. The molecule has 1 saturated carbocycles. The predicted octanol–water partition coefficient (Wildman–Crippen LogP) is 9.27. The number of carbonyl (C=O) groups excluding carboxylic acids is 1. The number of allylic oxidation sites excluding steroid dienone is 1. The number of benzene rings is 3. The van der Waals surface area contributed by atoms with Gasteiger partial charge in [0.05, 0.1) is 5.57 Å². The van der Waals surface area contributed by atoms with E-state index < -0.39 is 6.04 Å². The first kappa shape index (κ1) is 30.8. The van der Waals surface area contributed by atoms with Crippen LogP contribution in [0.15, 0.2) is 83.2 Å². The summed E-state index contributed by atoms with van der Waals surface area (Å²) in [6.45, 7) is 2.10. The van der Waals surface area contributed by atoms with E-state index in [0.29, 0.717) is 48.9 Å². The van der Waals surface area contributed by atoms with Gasteiger partial charge in [-0.15, -0.1) is 5.10 Å². The molecule has 228 valence electrons. The molecule has 0 amide bonds. The molecule has 1 atom stereocenters. The van der Waals surface area contributed by atoms with Crippen LogP contribution in [0, 0.1) is 0 Å².